The van der Waals surface area contributed by atoms with E-state index in [0.717, 1.165) is 0 Å². The number of carbonyl (C=O) groups excluding carboxylic acids is 1. The molecule has 1 fully saturated rings. The zero-order chi connectivity index (χ0) is 10.8. The summed E-state index contributed by atoms with van der Waals surface area (Å²) in [7, 11) is 1.59. The van der Waals surface area contributed by atoms with Crippen molar-refractivity contribution in [2.75, 3.05) is 25.0 Å². The van der Waals surface area contributed by atoms with E-state index in [9.17, 15) is 9.18 Å². The number of nitrogens with zero attached hydrogens (tertiary/aromatic N) is 3. The summed E-state index contributed by atoms with van der Waals surface area (Å²) in [5.41, 5.74) is 0. The lowest BCUT2D eigenvalue weighted by molar-refractivity contribution is -0.125. The second kappa shape index (κ2) is 3.80. The number of anilines is 1. The van der Waals surface area contributed by atoms with Gasteiger partial charge in [-0.1, -0.05) is 0 Å². The predicted molar refractivity (Wildman–Crippen MR) is 51.8 cm³/mol. The molecule has 1 N–H and O–H groups in total. The van der Waals surface area contributed by atoms with Gasteiger partial charge in [0.25, 0.3) is 5.95 Å². The molecule has 0 saturated carbocycles. The van der Waals surface area contributed by atoms with Crippen LogP contribution >= 0.6 is 0 Å². The largest absolute Gasteiger partial charge is 0.359 e. The fraction of sp³-hybridized carbons (Fsp3) is 0.444. The molecular formula is C9H11FN4O. The van der Waals surface area contributed by atoms with Crippen LogP contribution in [-0.4, -0.2) is 36.0 Å². The molecule has 0 aliphatic carbocycles. The Morgan fingerprint density at radius 3 is 2.80 bits per heavy atom. The molecule has 5 nitrogen and oxygen atoms in total. The maximum absolute atomic E-state index is 13.2. The summed E-state index contributed by atoms with van der Waals surface area (Å²) in [5.74, 6) is -0.461. The lowest BCUT2D eigenvalue weighted by Gasteiger charge is -2.38. The Labute approximate surface area is 86.3 Å². The van der Waals surface area contributed by atoms with Crippen molar-refractivity contribution in [3.63, 3.8) is 0 Å². The van der Waals surface area contributed by atoms with Crippen LogP contribution in [0.1, 0.15) is 0 Å². The summed E-state index contributed by atoms with van der Waals surface area (Å²) >= 11 is 0. The summed E-state index contributed by atoms with van der Waals surface area (Å²) in [6.45, 7) is 0.991. The Morgan fingerprint density at radius 1 is 1.53 bits per heavy atom. The molecule has 0 unspecified atom stereocenters. The molecule has 2 rings (SSSR count). The van der Waals surface area contributed by atoms with E-state index in [2.05, 4.69) is 15.3 Å². The summed E-state index contributed by atoms with van der Waals surface area (Å²) in [4.78, 5) is 20.3. The number of hydrogen-bond acceptors (Lipinski definition) is 4. The van der Waals surface area contributed by atoms with Crippen molar-refractivity contribution in [1.29, 1.82) is 0 Å². The number of rotatable bonds is 2. The second-order valence-corrected chi connectivity index (χ2v) is 3.39. The standard InChI is InChI=1S/C9H11FN4O/c1-11-9(15)6-4-14(5-6)8-7(10)12-2-3-13-8/h2-3,6H,4-5H2,1H3,(H,11,15). The van der Waals surface area contributed by atoms with Crippen molar-refractivity contribution in [3.05, 3.63) is 18.3 Å². The lowest BCUT2D eigenvalue weighted by atomic mass is 9.99. The minimum atomic E-state index is -0.590. The van der Waals surface area contributed by atoms with Crippen molar-refractivity contribution in [2.45, 2.75) is 0 Å². The van der Waals surface area contributed by atoms with E-state index < -0.39 is 5.95 Å². The van der Waals surface area contributed by atoms with Crippen LogP contribution in [-0.2, 0) is 4.79 Å². The first-order chi connectivity index (χ1) is 7.22. The van der Waals surface area contributed by atoms with Crippen LogP contribution in [0.2, 0.25) is 0 Å². The minimum absolute atomic E-state index is 0.0180. The monoisotopic (exact) mass is 210 g/mol. The highest BCUT2D eigenvalue weighted by atomic mass is 19.1. The summed E-state index contributed by atoms with van der Waals surface area (Å²) in [6.07, 6.45) is 2.74. The molecule has 0 radical (unpaired) electrons. The van der Waals surface area contributed by atoms with Gasteiger partial charge in [0.15, 0.2) is 5.82 Å². The van der Waals surface area contributed by atoms with Gasteiger partial charge in [-0.3, -0.25) is 4.79 Å². The zero-order valence-electron chi connectivity index (χ0n) is 8.27. The van der Waals surface area contributed by atoms with E-state index in [1.54, 1.807) is 11.9 Å². The first-order valence-corrected chi connectivity index (χ1v) is 4.65. The van der Waals surface area contributed by atoms with Crippen molar-refractivity contribution in [2.24, 2.45) is 5.92 Å². The first kappa shape index (κ1) is 9.82. The Kier molecular flexibility index (Phi) is 2.49. The number of amides is 1. The molecule has 0 aromatic carbocycles. The SMILES string of the molecule is CNC(=O)C1CN(c2nccnc2F)C1. The molecule has 1 aromatic rings. The summed E-state index contributed by atoms with van der Waals surface area (Å²) < 4.78 is 13.2. The second-order valence-electron chi connectivity index (χ2n) is 3.39. The Bertz CT molecular complexity index is 378. The smallest absolute Gasteiger partial charge is 0.255 e. The van der Waals surface area contributed by atoms with Gasteiger partial charge in [-0.15, -0.1) is 0 Å². The first-order valence-electron chi connectivity index (χ1n) is 4.65. The van der Waals surface area contributed by atoms with Gasteiger partial charge in [-0.05, 0) is 0 Å². The molecule has 6 heteroatoms. The van der Waals surface area contributed by atoms with Gasteiger partial charge < -0.3 is 10.2 Å². The lowest BCUT2D eigenvalue weighted by Crippen LogP contribution is -2.53. The molecule has 1 aliphatic heterocycles. The van der Waals surface area contributed by atoms with Crippen LogP contribution in [0.25, 0.3) is 0 Å². The maximum Gasteiger partial charge on any atom is 0.255 e. The molecule has 1 aliphatic rings. The van der Waals surface area contributed by atoms with E-state index in [0.29, 0.717) is 13.1 Å². The topological polar surface area (TPSA) is 58.1 Å². The number of carbonyl (C=O) groups is 1. The minimum Gasteiger partial charge on any atom is -0.359 e. The van der Waals surface area contributed by atoms with Gasteiger partial charge in [-0.2, -0.15) is 4.39 Å². The van der Waals surface area contributed by atoms with E-state index >= 15 is 0 Å². The molecule has 1 aromatic heterocycles. The Balaban J connectivity index is 2.00. The molecule has 1 saturated heterocycles. The van der Waals surface area contributed by atoms with Gasteiger partial charge in [0.05, 0.1) is 5.92 Å². The fourth-order valence-electron chi connectivity index (χ4n) is 1.55. The third-order valence-corrected chi connectivity index (χ3v) is 2.43. The van der Waals surface area contributed by atoms with Gasteiger partial charge in [0.2, 0.25) is 5.91 Å². The average Bonchev–Trinajstić information content (AvgIpc) is 2.18. The normalized spacial score (nSPS) is 16.0. The van der Waals surface area contributed by atoms with Crippen molar-refractivity contribution in [3.8, 4) is 0 Å². The van der Waals surface area contributed by atoms with Crippen LogP contribution in [0.3, 0.4) is 0 Å². The van der Waals surface area contributed by atoms with Crippen LogP contribution in [0, 0.1) is 11.9 Å². The molecule has 0 bridgehead atoms. The molecule has 2 heterocycles. The van der Waals surface area contributed by atoms with Crippen LogP contribution in [0.15, 0.2) is 12.4 Å². The number of halogens is 1. The summed E-state index contributed by atoms with van der Waals surface area (Å²) in [5, 5.41) is 2.56. The highest BCUT2D eigenvalue weighted by Crippen LogP contribution is 2.23. The highest BCUT2D eigenvalue weighted by Gasteiger charge is 2.34. The Morgan fingerprint density at radius 2 is 2.20 bits per heavy atom. The highest BCUT2D eigenvalue weighted by molar-refractivity contribution is 5.81. The molecular weight excluding hydrogens is 199 g/mol. The third-order valence-electron chi connectivity index (χ3n) is 2.43. The van der Waals surface area contributed by atoms with E-state index in [1.807, 2.05) is 0 Å². The van der Waals surface area contributed by atoms with Gasteiger partial charge in [0.1, 0.15) is 0 Å². The predicted octanol–water partition coefficient (Wildman–Crippen LogP) is -0.202. The van der Waals surface area contributed by atoms with Crippen molar-refractivity contribution < 1.29 is 9.18 Å². The molecule has 1 amide bonds. The average molecular weight is 210 g/mol. The summed E-state index contributed by atoms with van der Waals surface area (Å²) in [6, 6.07) is 0. The molecule has 0 atom stereocenters. The zero-order valence-corrected chi connectivity index (χ0v) is 8.27. The fourth-order valence-corrected chi connectivity index (χ4v) is 1.55. The van der Waals surface area contributed by atoms with Gasteiger partial charge in [0, 0.05) is 32.5 Å². The number of nitrogens with one attached hydrogen (secondary N) is 1. The number of aromatic nitrogens is 2. The molecule has 15 heavy (non-hydrogen) atoms. The van der Waals surface area contributed by atoms with Crippen molar-refractivity contribution in [1.82, 2.24) is 15.3 Å². The maximum atomic E-state index is 13.2. The van der Waals surface area contributed by atoms with Gasteiger partial charge >= 0.3 is 0 Å². The third kappa shape index (κ3) is 1.74. The van der Waals surface area contributed by atoms with Crippen LogP contribution < -0.4 is 10.2 Å². The Hall–Kier alpha value is -1.72. The van der Waals surface area contributed by atoms with Gasteiger partial charge in [-0.25, -0.2) is 9.97 Å². The van der Waals surface area contributed by atoms with Crippen LogP contribution in [0.4, 0.5) is 10.2 Å². The molecule has 0 spiro atoms. The van der Waals surface area contributed by atoms with E-state index in [1.165, 1.54) is 12.4 Å². The molecule has 80 valence electrons. The quantitative estimate of drug-likeness (QED) is 0.734. The van der Waals surface area contributed by atoms with E-state index in [4.69, 9.17) is 0 Å². The number of hydrogen-bond donors (Lipinski definition) is 1. The van der Waals surface area contributed by atoms with Crippen molar-refractivity contribution >= 4 is 11.7 Å². The van der Waals surface area contributed by atoms with Crippen LogP contribution in [0.5, 0.6) is 0 Å². The van der Waals surface area contributed by atoms with E-state index in [-0.39, 0.29) is 17.6 Å².